The minimum absolute atomic E-state index is 0.330. The third-order valence-electron chi connectivity index (χ3n) is 4.19. The molecular weight excluding hydrogens is 358 g/mol. The highest BCUT2D eigenvalue weighted by Crippen LogP contribution is 2.35. The molecule has 0 aliphatic heterocycles. The molecule has 0 unspecified atom stereocenters. The first kappa shape index (κ1) is 19.4. The topological polar surface area (TPSA) is 82.6 Å². The van der Waals surface area contributed by atoms with Crippen LogP contribution in [0.5, 0.6) is 11.5 Å². The van der Waals surface area contributed by atoms with E-state index in [1.165, 1.54) is 6.20 Å². The standard InChI is InChI=1S/C21H23N3O4/c1-5-10-28-21(25)16-12-22-20-15(8-6-13(2)23-20)19(16)24-17-11-14(26-3)7-9-18(17)27-4/h6-9,11-12H,5,10H2,1-4H3,(H,22,23,24). The Bertz CT molecular complexity index is 1000. The van der Waals surface area contributed by atoms with Gasteiger partial charge in [-0.25, -0.2) is 14.8 Å². The monoisotopic (exact) mass is 381 g/mol. The van der Waals surface area contributed by atoms with Gasteiger partial charge in [-0.15, -0.1) is 0 Å². The Kier molecular flexibility index (Phi) is 5.93. The van der Waals surface area contributed by atoms with E-state index >= 15 is 0 Å². The lowest BCUT2D eigenvalue weighted by atomic mass is 10.1. The van der Waals surface area contributed by atoms with Crippen molar-refractivity contribution in [2.45, 2.75) is 20.3 Å². The number of fused-ring (bicyclic) bond motifs is 1. The zero-order valence-electron chi connectivity index (χ0n) is 16.4. The van der Waals surface area contributed by atoms with Crippen LogP contribution in [0.2, 0.25) is 0 Å². The number of nitrogens with one attached hydrogen (secondary N) is 1. The number of ether oxygens (including phenoxy) is 3. The molecule has 3 aromatic rings. The Morgan fingerprint density at radius 2 is 1.96 bits per heavy atom. The molecule has 0 aliphatic rings. The third kappa shape index (κ3) is 3.98. The number of carbonyl (C=O) groups is 1. The van der Waals surface area contributed by atoms with Crippen molar-refractivity contribution in [3.05, 3.63) is 47.8 Å². The SMILES string of the molecule is CCCOC(=O)c1cnc2nc(C)ccc2c1Nc1cc(OC)ccc1OC. The second kappa shape index (κ2) is 8.56. The molecule has 1 N–H and O–H groups in total. The highest BCUT2D eigenvalue weighted by molar-refractivity contribution is 6.05. The number of nitrogens with zero attached hydrogens (tertiary/aromatic N) is 2. The summed E-state index contributed by atoms with van der Waals surface area (Å²) in [5.41, 5.74) is 2.92. The molecule has 28 heavy (non-hydrogen) atoms. The maximum absolute atomic E-state index is 12.6. The highest BCUT2D eigenvalue weighted by Gasteiger charge is 2.19. The van der Waals surface area contributed by atoms with E-state index in [1.807, 2.05) is 26.0 Å². The van der Waals surface area contributed by atoms with Crippen LogP contribution >= 0.6 is 0 Å². The Balaban J connectivity index is 2.15. The normalized spacial score (nSPS) is 10.6. The zero-order chi connectivity index (χ0) is 20.1. The molecular formula is C21H23N3O4. The quantitative estimate of drug-likeness (QED) is 0.612. The lowest BCUT2D eigenvalue weighted by Gasteiger charge is -2.17. The predicted octanol–water partition coefficient (Wildman–Crippen LogP) is 4.27. The van der Waals surface area contributed by atoms with Crippen LogP contribution in [0.1, 0.15) is 29.4 Å². The van der Waals surface area contributed by atoms with Crippen LogP contribution < -0.4 is 14.8 Å². The van der Waals surface area contributed by atoms with Crippen LogP contribution in [0.4, 0.5) is 11.4 Å². The van der Waals surface area contributed by atoms with Crippen LogP contribution in [-0.2, 0) is 4.74 Å². The summed E-state index contributed by atoms with van der Waals surface area (Å²) >= 11 is 0. The zero-order valence-corrected chi connectivity index (χ0v) is 16.4. The van der Waals surface area contributed by atoms with Gasteiger partial charge in [-0.3, -0.25) is 0 Å². The van der Waals surface area contributed by atoms with Gasteiger partial charge >= 0.3 is 5.97 Å². The number of hydrogen-bond donors (Lipinski definition) is 1. The molecule has 0 aliphatic carbocycles. The molecule has 0 atom stereocenters. The van der Waals surface area contributed by atoms with Crippen LogP contribution in [-0.4, -0.2) is 36.8 Å². The predicted molar refractivity (Wildman–Crippen MR) is 108 cm³/mol. The Morgan fingerprint density at radius 3 is 2.68 bits per heavy atom. The molecule has 3 rings (SSSR count). The van der Waals surface area contributed by atoms with Gasteiger partial charge in [0.05, 0.1) is 32.2 Å². The van der Waals surface area contributed by atoms with Gasteiger partial charge in [0.15, 0.2) is 5.65 Å². The van der Waals surface area contributed by atoms with Crippen LogP contribution in [0.25, 0.3) is 11.0 Å². The molecule has 0 saturated heterocycles. The van der Waals surface area contributed by atoms with Crippen molar-refractivity contribution in [2.24, 2.45) is 0 Å². The number of hydrogen-bond acceptors (Lipinski definition) is 7. The molecule has 0 saturated carbocycles. The summed E-state index contributed by atoms with van der Waals surface area (Å²) in [7, 11) is 3.17. The van der Waals surface area contributed by atoms with E-state index < -0.39 is 5.97 Å². The highest BCUT2D eigenvalue weighted by atomic mass is 16.5. The smallest absolute Gasteiger partial charge is 0.341 e. The number of methoxy groups -OCH3 is 2. The van der Waals surface area contributed by atoms with Crippen molar-refractivity contribution >= 4 is 28.4 Å². The first-order chi connectivity index (χ1) is 13.6. The average Bonchev–Trinajstić information content (AvgIpc) is 2.71. The Morgan fingerprint density at radius 1 is 1.14 bits per heavy atom. The lowest BCUT2D eigenvalue weighted by molar-refractivity contribution is 0.0506. The third-order valence-corrected chi connectivity index (χ3v) is 4.19. The van der Waals surface area contributed by atoms with Gasteiger partial charge in [-0.2, -0.15) is 0 Å². The molecule has 1 aromatic carbocycles. The van der Waals surface area contributed by atoms with Gasteiger partial charge in [0.25, 0.3) is 0 Å². The summed E-state index contributed by atoms with van der Waals surface area (Å²) < 4.78 is 16.1. The molecule has 0 bridgehead atoms. The van der Waals surface area contributed by atoms with Crippen molar-refractivity contribution in [3.63, 3.8) is 0 Å². The molecule has 2 heterocycles. The maximum atomic E-state index is 12.6. The van der Waals surface area contributed by atoms with Crippen molar-refractivity contribution < 1.29 is 19.0 Å². The number of benzene rings is 1. The van der Waals surface area contributed by atoms with E-state index in [2.05, 4.69) is 15.3 Å². The Hall–Kier alpha value is -3.35. The fraction of sp³-hybridized carbons (Fsp3) is 0.286. The largest absolute Gasteiger partial charge is 0.497 e. The molecule has 2 aromatic heterocycles. The van der Waals surface area contributed by atoms with Crippen molar-refractivity contribution in [1.82, 2.24) is 9.97 Å². The van der Waals surface area contributed by atoms with Gasteiger partial charge in [0.2, 0.25) is 0 Å². The fourth-order valence-electron chi connectivity index (χ4n) is 2.78. The van der Waals surface area contributed by atoms with Gasteiger partial charge in [-0.05, 0) is 37.6 Å². The van der Waals surface area contributed by atoms with Crippen LogP contribution in [0.3, 0.4) is 0 Å². The molecule has 7 heteroatoms. The summed E-state index contributed by atoms with van der Waals surface area (Å²) in [4.78, 5) is 21.4. The molecule has 146 valence electrons. The van der Waals surface area contributed by atoms with E-state index in [9.17, 15) is 4.79 Å². The van der Waals surface area contributed by atoms with Crippen molar-refractivity contribution in [2.75, 3.05) is 26.1 Å². The minimum atomic E-state index is -0.443. The summed E-state index contributed by atoms with van der Waals surface area (Å²) in [5, 5.41) is 4.01. The number of anilines is 2. The summed E-state index contributed by atoms with van der Waals surface area (Å²) in [5.74, 6) is 0.825. The number of aromatic nitrogens is 2. The average molecular weight is 381 g/mol. The number of esters is 1. The number of pyridine rings is 2. The molecule has 0 amide bonds. The van der Waals surface area contributed by atoms with Gasteiger partial charge in [-0.1, -0.05) is 6.92 Å². The van der Waals surface area contributed by atoms with E-state index in [-0.39, 0.29) is 0 Å². The molecule has 0 fully saturated rings. The van der Waals surface area contributed by atoms with Crippen LogP contribution in [0, 0.1) is 6.92 Å². The summed E-state index contributed by atoms with van der Waals surface area (Å²) in [6, 6.07) is 9.15. The summed E-state index contributed by atoms with van der Waals surface area (Å²) in [6.45, 7) is 4.17. The minimum Gasteiger partial charge on any atom is -0.497 e. The van der Waals surface area contributed by atoms with Crippen LogP contribution in [0.15, 0.2) is 36.5 Å². The second-order valence-corrected chi connectivity index (χ2v) is 6.20. The molecule has 0 radical (unpaired) electrons. The second-order valence-electron chi connectivity index (χ2n) is 6.20. The number of aryl methyl sites for hydroxylation is 1. The molecule has 7 nitrogen and oxygen atoms in total. The molecule has 0 spiro atoms. The van der Waals surface area contributed by atoms with Gasteiger partial charge in [0, 0.05) is 23.3 Å². The van der Waals surface area contributed by atoms with E-state index in [0.29, 0.717) is 46.1 Å². The van der Waals surface area contributed by atoms with Crippen molar-refractivity contribution in [1.29, 1.82) is 0 Å². The van der Waals surface area contributed by atoms with E-state index in [1.54, 1.807) is 32.4 Å². The first-order valence-electron chi connectivity index (χ1n) is 9.00. The fourth-order valence-corrected chi connectivity index (χ4v) is 2.78. The van der Waals surface area contributed by atoms with Gasteiger partial charge < -0.3 is 19.5 Å². The Labute approximate surface area is 163 Å². The van der Waals surface area contributed by atoms with E-state index in [4.69, 9.17) is 14.2 Å². The van der Waals surface area contributed by atoms with Crippen molar-refractivity contribution in [3.8, 4) is 11.5 Å². The first-order valence-corrected chi connectivity index (χ1v) is 9.00. The van der Waals surface area contributed by atoms with Gasteiger partial charge in [0.1, 0.15) is 17.1 Å². The summed E-state index contributed by atoms with van der Waals surface area (Å²) in [6.07, 6.45) is 2.22. The van der Waals surface area contributed by atoms with E-state index in [0.717, 1.165) is 12.1 Å². The number of carbonyl (C=O) groups excluding carboxylic acids is 1. The maximum Gasteiger partial charge on any atom is 0.341 e. The lowest BCUT2D eigenvalue weighted by Crippen LogP contribution is -2.10. The number of rotatable bonds is 7.